The summed E-state index contributed by atoms with van der Waals surface area (Å²) in [7, 11) is 0. The zero-order valence-electron chi connectivity index (χ0n) is 11.7. The minimum atomic E-state index is -0.978. The molecule has 2 amide bonds. The molecule has 0 aromatic carbocycles. The van der Waals surface area contributed by atoms with E-state index >= 15 is 0 Å². The number of fused-ring (bicyclic) bond motifs is 1. The van der Waals surface area contributed by atoms with E-state index in [0.29, 0.717) is 22.8 Å². The van der Waals surface area contributed by atoms with Gasteiger partial charge in [0, 0.05) is 25.7 Å². The van der Waals surface area contributed by atoms with Crippen molar-refractivity contribution in [3.05, 3.63) is 0 Å². The predicted octanol–water partition coefficient (Wildman–Crippen LogP) is 1.64. The van der Waals surface area contributed by atoms with Crippen LogP contribution < -0.4 is 0 Å². The molecule has 0 aromatic heterocycles. The van der Waals surface area contributed by atoms with Crippen LogP contribution in [0.15, 0.2) is 0 Å². The number of hydroxylamine groups is 2. The zero-order valence-corrected chi connectivity index (χ0v) is 11.7. The fourth-order valence-corrected chi connectivity index (χ4v) is 3.21. The zero-order chi connectivity index (χ0) is 14.8. The van der Waals surface area contributed by atoms with Crippen LogP contribution in [0.25, 0.3) is 0 Å². The number of amides is 2. The SMILES string of the molecule is O=C(OCC1[C@H]2CCC#CCC[C@@H]12)ON1C(=O)CCC1=O. The van der Waals surface area contributed by atoms with Crippen molar-refractivity contribution in [1.29, 1.82) is 0 Å². The maximum absolute atomic E-state index is 11.5. The van der Waals surface area contributed by atoms with Gasteiger partial charge in [0.25, 0.3) is 11.8 Å². The Morgan fingerprint density at radius 3 is 2.24 bits per heavy atom. The Bertz CT molecular complexity index is 498. The molecule has 3 rings (SSSR count). The lowest BCUT2D eigenvalue weighted by Gasteiger charge is -2.12. The molecule has 0 spiro atoms. The average Bonchev–Trinajstić information content (AvgIpc) is 2.98. The molecule has 21 heavy (non-hydrogen) atoms. The van der Waals surface area contributed by atoms with Gasteiger partial charge in [-0.25, -0.2) is 4.79 Å². The summed E-state index contributed by atoms with van der Waals surface area (Å²) in [6.07, 6.45) is 3.08. The second-order valence-electron chi connectivity index (χ2n) is 5.66. The predicted molar refractivity (Wildman–Crippen MR) is 70.2 cm³/mol. The fourth-order valence-electron chi connectivity index (χ4n) is 3.21. The first-order valence-electron chi connectivity index (χ1n) is 7.33. The Morgan fingerprint density at radius 2 is 1.67 bits per heavy atom. The molecule has 2 aliphatic carbocycles. The molecule has 2 fully saturated rings. The highest BCUT2D eigenvalue weighted by Gasteiger charge is 2.49. The van der Waals surface area contributed by atoms with Gasteiger partial charge in [-0.05, 0) is 30.6 Å². The second kappa shape index (κ2) is 5.76. The first kappa shape index (κ1) is 13.9. The third-order valence-corrected chi connectivity index (χ3v) is 4.40. The molecular formula is C15H17NO5. The molecule has 0 bridgehead atoms. The van der Waals surface area contributed by atoms with Crippen molar-refractivity contribution in [2.45, 2.75) is 38.5 Å². The van der Waals surface area contributed by atoms with Gasteiger partial charge in [0.05, 0.1) is 6.61 Å². The molecule has 1 saturated carbocycles. The van der Waals surface area contributed by atoms with Crippen LogP contribution in [0.4, 0.5) is 4.79 Å². The lowest BCUT2D eigenvalue weighted by atomic mass is 10.1. The van der Waals surface area contributed by atoms with E-state index in [-0.39, 0.29) is 19.4 Å². The topological polar surface area (TPSA) is 72.9 Å². The number of rotatable bonds is 3. The van der Waals surface area contributed by atoms with Gasteiger partial charge in [-0.1, -0.05) is 5.06 Å². The molecule has 1 aliphatic heterocycles. The van der Waals surface area contributed by atoms with Crippen LogP contribution in [-0.4, -0.2) is 29.6 Å². The maximum Gasteiger partial charge on any atom is 0.533 e. The molecule has 0 aromatic rings. The Balaban J connectivity index is 1.43. The molecular weight excluding hydrogens is 274 g/mol. The van der Waals surface area contributed by atoms with Gasteiger partial charge < -0.3 is 4.74 Å². The van der Waals surface area contributed by atoms with Gasteiger partial charge in [-0.3, -0.25) is 14.4 Å². The second-order valence-corrected chi connectivity index (χ2v) is 5.66. The van der Waals surface area contributed by atoms with Crippen molar-refractivity contribution in [1.82, 2.24) is 5.06 Å². The number of carbonyl (C=O) groups is 3. The van der Waals surface area contributed by atoms with Gasteiger partial charge in [0.1, 0.15) is 0 Å². The fraction of sp³-hybridized carbons (Fsp3) is 0.667. The summed E-state index contributed by atoms with van der Waals surface area (Å²) in [6, 6.07) is 0. The average molecular weight is 291 g/mol. The molecule has 6 heteroatoms. The molecule has 0 N–H and O–H groups in total. The highest BCUT2D eigenvalue weighted by molar-refractivity contribution is 6.01. The Labute approximate surface area is 122 Å². The summed E-state index contributed by atoms with van der Waals surface area (Å²) in [6.45, 7) is 0.282. The summed E-state index contributed by atoms with van der Waals surface area (Å²) >= 11 is 0. The van der Waals surface area contributed by atoms with Gasteiger partial charge >= 0.3 is 6.16 Å². The lowest BCUT2D eigenvalue weighted by Crippen LogP contribution is -2.32. The Hall–Kier alpha value is -2.03. The van der Waals surface area contributed by atoms with Crippen molar-refractivity contribution in [2.75, 3.05) is 6.61 Å². The largest absolute Gasteiger partial charge is 0.533 e. The molecule has 1 saturated heterocycles. The monoisotopic (exact) mass is 291 g/mol. The van der Waals surface area contributed by atoms with Crippen molar-refractivity contribution >= 4 is 18.0 Å². The third kappa shape index (κ3) is 3.02. The van der Waals surface area contributed by atoms with Gasteiger partial charge in [0.15, 0.2) is 0 Å². The third-order valence-electron chi connectivity index (χ3n) is 4.40. The number of hydrogen-bond acceptors (Lipinski definition) is 5. The summed E-state index contributed by atoms with van der Waals surface area (Å²) in [4.78, 5) is 38.8. The van der Waals surface area contributed by atoms with Crippen molar-refractivity contribution < 1.29 is 24.0 Å². The number of ether oxygens (including phenoxy) is 1. The van der Waals surface area contributed by atoms with E-state index in [1.54, 1.807) is 0 Å². The Kier molecular flexibility index (Phi) is 3.82. The van der Waals surface area contributed by atoms with Crippen LogP contribution in [0.1, 0.15) is 38.5 Å². The van der Waals surface area contributed by atoms with Crippen molar-refractivity contribution in [2.24, 2.45) is 17.8 Å². The van der Waals surface area contributed by atoms with Gasteiger partial charge in [-0.2, -0.15) is 0 Å². The molecule has 1 unspecified atom stereocenters. The van der Waals surface area contributed by atoms with Crippen molar-refractivity contribution in [3.63, 3.8) is 0 Å². The minimum absolute atomic E-state index is 0.0822. The first-order chi connectivity index (χ1) is 10.2. The van der Waals surface area contributed by atoms with E-state index in [9.17, 15) is 14.4 Å². The van der Waals surface area contributed by atoms with E-state index in [0.717, 1.165) is 25.7 Å². The van der Waals surface area contributed by atoms with E-state index < -0.39 is 18.0 Å². The van der Waals surface area contributed by atoms with Gasteiger partial charge in [-0.15, -0.1) is 11.8 Å². The van der Waals surface area contributed by atoms with E-state index in [1.165, 1.54) is 0 Å². The molecule has 112 valence electrons. The van der Waals surface area contributed by atoms with Crippen LogP contribution in [0.5, 0.6) is 0 Å². The molecule has 3 atom stereocenters. The molecule has 1 heterocycles. The molecule has 6 nitrogen and oxygen atoms in total. The van der Waals surface area contributed by atoms with E-state index in [1.807, 2.05) is 0 Å². The highest BCUT2D eigenvalue weighted by atomic mass is 16.8. The van der Waals surface area contributed by atoms with Crippen molar-refractivity contribution in [3.8, 4) is 11.8 Å². The first-order valence-corrected chi connectivity index (χ1v) is 7.33. The van der Waals surface area contributed by atoms with Crippen LogP contribution >= 0.6 is 0 Å². The van der Waals surface area contributed by atoms with Crippen LogP contribution in [0.2, 0.25) is 0 Å². The highest BCUT2D eigenvalue weighted by Crippen LogP contribution is 2.52. The van der Waals surface area contributed by atoms with E-state index in [4.69, 9.17) is 4.74 Å². The summed E-state index contributed by atoms with van der Waals surface area (Å²) in [5.74, 6) is 6.75. The van der Waals surface area contributed by atoms with Crippen LogP contribution in [0, 0.1) is 29.6 Å². The lowest BCUT2D eigenvalue weighted by molar-refractivity contribution is -0.177. The Morgan fingerprint density at radius 1 is 1.10 bits per heavy atom. The minimum Gasteiger partial charge on any atom is -0.432 e. The number of nitrogens with zero attached hydrogens (tertiary/aromatic N) is 1. The summed E-state index contributed by atoms with van der Waals surface area (Å²) < 4.78 is 5.05. The molecule has 3 aliphatic rings. The number of hydrogen-bond donors (Lipinski definition) is 0. The maximum atomic E-state index is 11.5. The smallest absolute Gasteiger partial charge is 0.432 e. The van der Waals surface area contributed by atoms with Crippen LogP contribution in [-0.2, 0) is 19.2 Å². The summed E-state index contributed by atoms with van der Waals surface area (Å²) in [5, 5.41) is 0.506. The number of carbonyl (C=O) groups excluding carboxylic acids is 3. The summed E-state index contributed by atoms with van der Waals surface area (Å²) in [5.41, 5.74) is 0. The normalized spacial score (nSPS) is 30.7. The van der Waals surface area contributed by atoms with Crippen LogP contribution in [0.3, 0.4) is 0 Å². The van der Waals surface area contributed by atoms with E-state index in [2.05, 4.69) is 16.7 Å². The quantitative estimate of drug-likeness (QED) is 0.449. The van der Waals surface area contributed by atoms with Gasteiger partial charge in [0.2, 0.25) is 0 Å². The standard InChI is InChI=1S/C15H17NO5/c17-13-7-8-14(18)16(13)21-15(19)20-9-12-10-5-3-1-2-4-6-11(10)12/h10-12H,3-9H2/t10-,11+,12?. The molecule has 0 radical (unpaired) electrons. The number of imide groups is 1.